The minimum Gasteiger partial charge on any atom is -0.314 e. The molecule has 15 heavy (non-hydrogen) atoms. The summed E-state index contributed by atoms with van der Waals surface area (Å²) in [5, 5.41) is 3.52. The van der Waals surface area contributed by atoms with Crippen molar-refractivity contribution in [2.45, 2.75) is 59.0 Å². The van der Waals surface area contributed by atoms with Crippen LogP contribution in [0.4, 0.5) is 0 Å². The van der Waals surface area contributed by atoms with E-state index >= 15 is 0 Å². The van der Waals surface area contributed by atoms with Gasteiger partial charge in [0.25, 0.3) is 0 Å². The van der Waals surface area contributed by atoms with Crippen LogP contribution >= 0.6 is 0 Å². The van der Waals surface area contributed by atoms with E-state index in [0.29, 0.717) is 0 Å². The fraction of sp³-hybridized carbons (Fsp3) is 1.00. The summed E-state index contributed by atoms with van der Waals surface area (Å²) >= 11 is 0. The molecule has 0 aliphatic carbocycles. The topological polar surface area (TPSA) is 15.3 Å². The van der Waals surface area contributed by atoms with Crippen LogP contribution in [0.1, 0.15) is 47.0 Å². The zero-order chi connectivity index (χ0) is 11.3. The number of hydrogen-bond donors (Lipinski definition) is 1. The van der Waals surface area contributed by atoms with E-state index in [-0.39, 0.29) is 0 Å². The van der Waals surface area contributed by atoms with E-state index in [9.17, 15) is 0 Å². The molecule has 0 spiro atoms. The van der Waals surface area contributed by atoms with Crippen LogP contribution < -0.4 is 5.32 Å². The Hall–Kier alpha value is -0.0800. The molecule has 2 heteroatoms. The monoisotopic (exact) mass is 212 g/mol. The van der Waals surface area contributed by atoms with Crippen molar-refractivity contribution in [3.8, 4) is 0 Å². The molecule has 2 atom stereocenters. The largest absolute Gasteiger partial charge is 0.314 e. The molecule has 0 aromatic heterocycles. The van der Waals surface area contributed by atoms with Crippen LogP contribution in [0, 0.1) is 5.92 Å². The molecular formula is C13H28N2. The van der Waals surface area contributed by atoms with Crippen LogP contribution in [-0.4, -0.2) is 36.6 Å². The number of unbranched alkanes of at least 4 members (excludes halogenated alkanes) is 1. The van der Waals surface area contributed by atoms with Crippen LogP contribution in [0.25, 0.3) is 0 Å². The first-order valence-electron chi connectivity index (χ1n) is 6.63. The van der Waals surface area contributed by atoms with Crippen molar-refractivity contribution in [3.05, 3.63) is 0 Å². The van der Waals surface area contributed by atoms with Crippen molar-refractivity contribution in [1.82, 2.24) is 10.2 Å². The molecular weight excluding hydrogens is 184 g/mol. The van der Waals surface area contributed by atoms with Gasteiger partial charge in [0.1, 0.15) is 0 Å². The Bertz CT molecular complexity index is 168. The van der Waals surface area contributed by atoms with E-state index < -0.39 is 0 Å². The van der Waals surface area contributed by atoms with Gasteiger partial charge in [-0.05, 0) is 19.3 Å². The molecule has 2 nitrogen and oxygen atoms in total. The summed E-state index contributed by atoms with van der Waals surface area (Å²) in [6.45, 7) is 12.9. The first-order chi connectivity index (χ1) is 7.16. The van der Waals surface area contributed by atoms with Gasteiger partial charge in [0, 0.05) is 31.7 Å². The number of nitrogens with zero attached hydrogens (tertiary/aromatic N) is 1. The highest BCUT2D eigenvalue weighted by molar-refractivity contribution is 4.85. The van der Waals surface area contributed by atoms with E-state index in [1.54, 1.807) is 0 Å². The molecule has 1 N–H and O–H groups in total. The Kier molecular flexibility index (Phi) is 5.62. The third kappa shape index (κ3) is 3.76. The summed E-state index contributed by atoms with van der Waals surface area (Å²) in [6, 6.07) is 1.50. The highest BCUT2D eigenvalue weighted by atomic mass is 15.2. The van der Waals surface area contributed by atoms with Gasteiger partial charge in [-0.15, -0.1) is 0 Å². The lowest BCUT2D eigenvalue weighted by molar-refractivity contribution is 0.0794. The van der Waals surface area contributed by atoms with Gasteiger partial charge < -0.3 is 5.32 Å². The number of nitrogens with one attached hydrogen (secondary N) is 1. The van der Waals surface area contributed by atoms with Crippen molar-refractivity contribution in [3.63, 3.8) is 0 Å². The lowest BCUT2D eigenvalue weighted by atomic mass is 9.97. The van der Waals surface area contributed by atoms with Crippen molar-refractivity contribution in [2.24, 2.45) is 5.92 Å². The van der Waals surface area contributed by atoms with E-state index in [1.165, 1.54) is 38.9 Å². The molecule has 0 bridgehead atoms. The minimum atomic E-state index is 0.741. The normalized spacial score (nSPS) is 25.8. The van der Waals surface area contributed by atoms with Gasteiger partial charge >= 0.3 is 0 Å². The Labute approximate surface area is 95.4 Å². The Morgan fingerprint density at radius 2 is 2.07 bits per heavy atom. The molecule has 1 aliphatic heterocycles. The van der Waals surface area contributed by atoms with Crippen molar-refractivity contribution < 1.29 is 0 Å². The smallest absolute Gasteiger partial charge is 0.0246 e. The van der Waals surface area contributed by atoms with Gasteiger partial charge in [-0.2, -0.15) is 0 Å². The van der Waals surface area contributed by atoms with Gasteiger partial charge in [0.15, 0.2) is 0 Å². The predicted molar refractivity (Wildman–Crippen MR) is 67.2 cm³/mol. The van der Waals surface area contributed by atoms with Crippen molar-refractivity contribution >= 4 is 0 Å². The van der Waals surface area contributed by atoms with Gasteiger partial charge in [-0.25, -0.2) is 0 Å². The second-order valence-electron chi connectivity index (χ2n) is 5.24. The average molecular weight is 212 g/mol. The molecule has 1 heterocycles. The van der Waals surface area contributed by atoms with Crippen LogP contribution in [0.2, 0.25) is 0 Å². The molecule has 0 aromatic rings. The fourth-order valence-electron chi connectivity index (χ4n) is 2.57. The fourth-order valence-corrected chi connectivity index (χ4v) is 2.57. The molecule has 90 valence electrons. The van der Waals surface area contributed by atoms with Crippen LogP contribution in [0.3, 0.4) is 0 Å². The first kappa shape index (κ1) is 13.0. The number of piperazine rings is 1. The Morgan fingerprint density at radius 3 is 2.67 bits per heavy atom. The quantitative estimate of drug-likeness (QED) is 0.753. The summed E-state index contributed by atoms with van der Waals surface area (Å²) in [5.41, 5.74) is 0. The van der Waals surface area contributed by atoms with Gasteiger partial charge in [0.05, 0.1) is 0 Å². The standard InChI is InChI=1S/C13H28N2/c1-5-6-7-12(4)15-9-8-14-10-13(15)11(2)3/h11-14H,5-10H2,1-4H3. The van der Waals surface area contributed by atoms with Crippen LogP contribution in [0.15, 0.2) is 0 Å². The maximum atomic E-state index is 3.52. The SMILES string of the molecule is CCCCC(C)N1CCNCC1C(C)C. The third-order valence-corrected chi connectivity index (χ3v) is 3.64. The van der Waals surface area contributed by atoms with E-state index in [0.717, 1.165) is 18.0 Å². The Morgan fingerprint density at radius 1 is 1.33 bits per heavy atom. The molecule has 0 saturated carbocycles. The second-order valence-corrected chi connectivity index (χ2v) is 5.24. The van der Waals surface area contributed by atoms with Gasteiger partial charge in [-0.1, -0.05) is 33.6 Å². The minimum absolute atomic E-state index is 0.741. The molecule has 1 saturated heterocycles. The highest BCUT2D eigenvalue weighted by Gasteiger charge is 2.27. The summed E-state index contributed by atoms with van der Waals surface area (Å²) in [4.78, 5) is 2.72. The highest BCUT2D eigenvalue weighted by Crippen LogP contribution is 2.18. The number of rotatable bonds is 5. The van der Waals surface area contributed by atoms with E-state index in [2.05, 4.69) is 37.9 Å². The summed E-state index contributed by atoms with van der Waals surface area (Å²) in [6.07, 6.45) is 4.05. The molecule has 0 aromatic carbocycles. The lowest BCUT2D eigenvalue weighted by Gasteiger charge is -2.42. The zero-order valence-electron chi connectivity index (χ0n) is 10.9. The number of hydrogen-bond acceptors (Lipinski definition) is 2. The molecule has 1 fully saturated rings. The van der Waals surface area contributed by atoms with Crippen molar-refractivity contribution in [2.75, 3.05) is 19.6 Å². The second kappa shape index (κ2) is 6.49. The third-order valence-electron chi connectivity index (χ3n) is 3.64. The lowest BCUT2D eigenvalue weighted by Crippen LogP contribution is -2.56. The summed E-state index contributed by atoms with van der Waals surface area (Å²) in [5.74, 6) is 0.766. The van der Waals surface area contributed by atoms with Gasteiger partial charge in [-0.3, -0.25) is 4.90 Å². The molecule has 1 rings (SSSR count). The van der Waals surface area contributed by atoms with Gasteiger partial charge in [0.2, 0.25) is 0 Å². The van der Waals surface area contributed by atoms with Crippen LogP contribution in [-0.2, 0) is 0 Å². The molecule has 0 amide bonds. The summed E-state index contributed by atoms with van der Waals surface area (Å²) < 4.78 is 0. The molecule has 0 radical (unpaired) electrons. The van der Waals surface area contributed by atoms with E-state index in [1.807, 2.05) is 0 Å². The maximum Gasteiger partial charge on any atom is 0.0246 e. The van der Waals surface area contributed by atoms with Crippen molar-refractivity contribution in [1.29, 1.82) is 0 Å². The Balaban J connectivity index is 2.47. The molecule has 1 aliphatic rings. The predicted octanol–water partition coefficient (Wildman–Crippen LogP) is 2.49. The zero-order valence-corrected chi connectivity index (χ0v) is 10.9. The molecule has 2 unspecified atom stereocenters. The van der Waals surface area contributed by atoms with Crippen LogP contribution in [0.5, 0.6) is 0 Å². The van der Waals surface area contributed by atoms with E-state index in [4.69, 9.17) is 0 Å². The first-order valence-corrected chi connectivity index (χ1v) is 6.63. The maximum absolute atomic E-state index is 3.52. The summed E-state index contributed by atoms with van der Waals surface area (Å²) in [7, 11) is 0. The average Bonchev–Trinajstić information content (AvgIpc) is 2.25.